The van der Waals surface area contributed by atoms with Gasteiger partial charge in [0, 0.05) is 48.9 Å². The fourth-order valence-corrected chi connectivity index (χ4v) is 3.82. The van der Waals surface area contributed by atoms with Crippen molar-refractivity contribution in [2.45, 2.75) is 40.0 Å². The smallest absolute Gasteiger partial charge is 0.251 e. The summed E-state index contributed by atoms with van der Waals surface area (Å²) in [5.41, 5.74) is 3.68. The quantitative estimate of drug-likeness (QED) is 0.865. The zero-order chi connectivity index (χ0) is 19.6. The Morgan fingerprint density at radius 2 is 1.89 bits per heavy atom. The summed E-state index contributed by atoms with van der Waals surface area (Å²) >= 11 is 0. The molecule has 6 nitrogen and oxygen atoms in total. The number of carbonyl (C=O) groups excluding carboxylic acids is 2. The molecule has 1 saturated heterocycles. The van der Waals surface area contributed by atoms with Crippen LogP contribution in [0.4, 0.5) is 0 Å². The highest BCUT2D eigenvalue weighted by Gasteiger charge is 2.25. The minimum absolute atomic E-state index is 0.0159. The summed E-state index contributed by atoms with van der Waals surface area (Å²) in [6, 6.07) is 6.00. The largest absolute Gasteiger partial charge is 0.356 e. The number of H-pyrrole nitrogens is 1. The fourth-order valence-electron chi connectivity index (χ4n) is 3.82. The number of hydrogen-bond acceptors (Lipinski definition) is 3. The number of rotatable bonds is 4. The topological polar surface area (TPSA) is 82.3 Å². The molecule has 27 heavy (non-hydrogen) atoms. The second-order valence-electron chi connectivity index (χ2n) is 7.49. The van der Waals surface area contributed by atoms with Gasteiger partial charge in [0.15, 0.2) is 0 Å². The van der Waals surface area contributed by atoms with Crippen molar-refractivity contribution < 1.29 is 9.59 Å². The first kappa shape index (κ1) is 19.1. The number of aryl methyl sites for hydroxylation is 2. The molecule has 2 amide bonds. The van der Waals surface area contributed by atoms with Gasteiger partial charge in [0.1, 0.15) is 0 Å². The van der Waals surface area contributed by atoms with Gasteiger partial charge < -0.3 is 15.2 Å². The van der Waals surface area contributed by atoms with Gasteiger partial charge >= 0.3 is 0 Å². The minimum Gasteiger partial charge on any atom is -0.356 e. The number of fused-ring (bicyclic) bond motifs is 1. The third kappa shape index (κ3) is 4.38. The van der Waals surface area contributed by atoms with Crippen molar-refractivity contribution >= 4 is 22.7 Å². The summed E-state index contributed by atoms with van der Waals surface area (Å²) < 4.78 is 0. The average Bonchev–Trinajstić information content (AvgIpc) is 2.62. The van der Waals surface area contributed by atoms with Crippen LogP contribution in [-0.2, 0) is 16.0 Å². The minimum atomic E-state index is -0.100. The van der Waals surface area contributed by atoms with Crippen molar-refractivity contribution in [2.24, 2.45) is 5.92 Å². The number of hydrogen-bond donors (Lipinski definition) is 2. The molecule has 1 aliphatic heterocycles. The first-order valence-electron chi connectivity index (χ1n) is 9.51. The maximum atomic E-state index is 12.4. The molecule has 0 radical (unpaired) electrons. The Kier molecular flexibility index (Phi) is 5.63. The number of piperidine rings is 1. The van der Waals surface area contributed by atoms with Crippen LogP contribution in [0.25, 0.3) is 10.9 Å². The van der Waals surface area contributed by atoms with Crippen LogP contribution in [0, 0.1) is 19.8 Å². The van der Waals surface area contributed by atoms with Crippen molar-refractivity contribution in [1.29, 1.82) is 0 Å². The lowest BCUT2D eigenvalue weighted by Gasteiger charge is -2.30. The first-order valence-corrected chi connectivity index (χ1v) is 9.51. The molecule has 144 valence electrons. The van der Waals surface area contributed by atoms with Crippen LogP contribution < -0.4 is 10.9 Å². The van der Waals surface area contributed by atoms with E-state index in [0.717, 1.165) is 22.0 Å². The van der Waals surface area contributed by atoms with E-state index in [1.165, 1.54) is 0 Å². The predicted octanol–water partition coefficient (Wildman–Crippen LogP) is 2.06. The van der Waals surface area contributed by atoms with Crippen molar-refractivity contribution in [3.63, 3.8) is 0 Å². The first-order chi connectivity index (χ1) is 12.8. The Balaban J connectivity index is 1.59. The Morgan fingerprint density at radius 1 is 1.19 bits per heavy atom. The van der Waals surface area contributed by atoms with E-state index in [0.29, 0.717) is 44.5 Å². The molecule has 1 aromatic heterocycles. The highest BCUT2D eigenvalue weighted by molar-refractivity contribution is 5.83. The maximum absolute atomic E-state index is 12.4. The third-order valence-corrected chi connectivity index (χ3v) is 5.39. The lowest BCUT2D eigenvalue weighted by Crippen LogP contribution is -2.42. The summed E-state index contributed by atoms with van der Waals surface area (Å²) in [4.78, 5) is 40.8. The van der Waals surface area contributed by atoms with Gasteiger partial charge in [0.2, 0.25) is 11.8 Å². The molecular formula is C21H27N3O3. The second-order valence-corrected chi connectivity index (χ2v) is 7.49. The SMILES string of the molecule is CC(=O)N1CCC(C(=O)NCCc2cc3c(C)cc(C)cc3[nH]c2=O)CC1. The van der Waals surface area contributed by atoms with Crippen LogP contribution in [-0.4, -0.2) is 41.3 Å². The number of nitrogens with one attached hydrogen (secondary N) is 2. The third-order valence-electron chi connectivity index (χ3n) is 5.39. The van der Waals surface area contributed by atoms with E-state index >= 15 is 0 Å². The normalized spacial score (nSPS) is 15.1. The molecule has 1 aliphatic rings. The van der Waals surface area contributed by atoms with Crippen molar-refractivity contribution in [2.75, 3.05) is 19.6 Å². The van der Waals surface area contributed by atoms with Gasteiger partial charge in [0.05, 0.1) is 0 Å². The van der Waals surface area contributed by atoms with Crippen LogP contribution in [0.2, 0.25) is 0 Å². The second kappa shape index (κ2) is 7.94. The molecule has 3 rings (SSSR count). The number of likely N-dealkylation sites (tertiary alicyclic amines) is 1. The van der Waals surface area contributed by atoms with Gasteiger partial charge in [-0.05, 0) is 56.4 Å². The summed E-state index contributed by atoms with van der Waals surface area (Å²) in [5.74, 6) is 0.0257. The monoisotopic (exact) mass is 369 g/mol. The lowest BCUT2D eigenvalue weighted by molar-refractivity contribution is -0.133. The summed E-state index contributed by atoms with van der Waals surface area (Å²) in [6.07, 6.45) is 1.89. The van der Waals surface area contributed by atoms with E-state index in [1.807, 2.05) is 26.0 Å². The molecule has 6 heteroatoms. The molecule has 2 aromatic rings. The Labute approximate surface area is 159 Å². The average molecular weight is 369 g/mol. The zero-order valence-electron chi connectivity index (χ0n) is 16.2. The Morgan fingerprint density at radius 3 is 2.56 bits per heavy atom. The van der Waals surface area contributed by atoms with Gasteiger partial charge in [0.25, 0.3) is 5.56 Å². The molecule has 0 spiro atoms. The van der Waals surface area contributed by atoms with Gasteiger partial charge in [-0.3, -0.25) is 14.4 Å². The molecule has 0 aliphatic carbocycles. The maximum Gasteiger partial charge on any atom is 0.251 e. The summed E-state index contributed by atoms with van der Waals surface area (Å²) in [6.45, 7) is 7.31. The van der Waals surface area contributed by atoms with Gasteiger partial charge in [-0.15, -0.1) is 0 Å². The molecule has 0 unspecified atom stereocenters. The lowest BCUT2D eigenvalue weighted by atomic mass is 9.96. The molecular weight excluding hydrogens is 342 g/mol. The number of aromatic nitrogens is 1. The van der Waals surface area contributed by atoms with E-state index in [2.05, 4.69) is 16.4 Å². The van der Waals surface area contributed by atoms with Crippen LogP contribution in [0.5, 0.6) is 0 Å². The van der Waals surface area contributed by atoms with Crippen LogP contribution in [0.1, 0.15) is 36.5 Å². The number of amides is 2. The van der Waals surface area contributed by atoms with Crippen molar-refractivity contribution in [3.8, 4) is 0 Å². The number of carbonyl (C=O) groups is 2. The van der Waals surface area contributed by atoms with E-state index in [9.17, 15) is 14.4 Å². The standard InChI is InChI=1S/C21H27N3O3/c1-13-10-14(2)18-12-17(21(27)23-19(18)11-13)4-7-22-20(26)16-5-8-24(9-6-16)15(3)25/h10-12,16H,4-9H2,1-3H3,(H,22,26)(H,23,27). The number of benzene rings is 1. The zero-order valence-corrected chi connectivity index (χ0v) is 16.2. The highest BCUT2D eigenvalue weighted by atomic mass is 16.2. The van der Waals surface area contributed by atoms with Gasteiger partial charge in [-0.25, -0.2) is 0 Å². The van der Waals surface area contributed by atoms with Crippen molar-refractivity contribution in [1.82, 2.24) is 15.2 Å². The number of aromatic amines is 1. The number of nitrogens with zero attached hydrogens (tertiary/aromatic N) is 1. The molecule has 1 fully saturated rings. The number of pyridine rings is 1. The van der Waals surface area contributed by atoms with E-state index in [-0.39, 0.29) is 23.3 Å². The summed E-state index contributed by atoms with van der Waals surface area (Å²) in [5, 5.41) is 3.99. The predicted molar refractivity (Wildman–Crippen MR) is 106 cm³/mol. The van der Waals surface area contributed by atoms with Gasteiger partial charge in [-0.1, -0.05) is 6.07 Å². The molecule has 0 atom stereocenters. The fraction of sp³-hybridized carbons (Fsp3) is 0.476. The van der Waals surface area contributed by atoms with E-state index < -0.39 is 0 Å². The van der Waals surface area contributed by atoms with Crippen LogP contribution >= 0.6 is 0 Å². The molecule has 1 aromatic carbocycles. The molecule has 0 saturated carbocycles. The van der Waals surface area contributed by atoms with E-state index in [4.69, 9.17) is 0 Å². The van der Waals surface area contributed by atoms with E-state index in [1.54, 1.807) is 11.8 Å². The Bertz CT molecular complexity index is 924. The summed E-state index contributed by atoms with van der Waals surface area (Å²) in [7, 11) is 0. The highest BCUT2D eigenvalue weighted by Crippen LogP contribution is 2.19. The van der Waals surface area contributed by atoms with Gasteiger partial charge in [-0.2, -0.15) is 0 Å². The van der Waals surface area contributed by atoms with Crippen LogP contribution in [0.15, 0.2) is 23.0 Å². The molecule has 2 N–H and O–H groups in total. The molecule has 2 heterocycles. The Hall–Kier alpha value is -2.63. The van der Waals surface area contributed by atoms with Crippen LogP contribution in [0.3, 0.4) is 0 Å². The van der Waals surface area contributed by atoms with Crippen molar-refractivity contribution in [3.05, 3.63) is 45.2 Å². The molecule has 0 bridgehead atoms.